The number of alkyl halides is 3. The fourth-order valence-electron chi connectivity index (χ4n) is 5.35. The largest absolute Gasteiger partial charge is 0.477 e. The van der Waals surface area contributed by atoms with Gasteiger partial charge in [0.25, 0.3) is 0 Å². The summed E-state index contributed by atoms with van der Waals surface area (Å²) in [6.45, 7) is 7.69. The third kappa shape index (κ3) is 8.70. The summed E-state index contributed by atoms with van der Waals surface area (Å²) in [6.07, 6.45) is 3.69. The molecule has 3 aliphatic heterocycles. The Morgan fingerprint density at radius 1 is 1.02 bits per heavy atom. The lowest BCUT2D eigenvalue weighted by Gasteiger charge is -2.40. The molecule has 3 fully saturated rings. The lowest BCUT2D eigenvalue weighted by atomic mass is 9.95. The van der Waals surface area contributed by atoms with Gasteiger partial charge in [-0.05, 0) is 43.8 Å². The van der Waals surface area contributed by atoms with Gasteiger partial charge in [-0.3, -0.25) is 20.7 Å². The Bertz CT molecular complexity index is 1060. The van der Waals surface area contributed by atoms with Crippen molar-refractivity contribution in [2.75, 3.05) is 64.3 Å². The first-order valence-corrected chi connectivity index (χ1v) is 13.6. The summed E-state index contributed by atoms with van der Waals surface area (Å²) in [5, 5.41) is 27.2. The molecule has 220 valence electrons. The molecule has 0 amide bonds. The summed E-state index contributed by atoms with van der Waals surface area (Å²) >= 11 is 0. The van der Waals surface area contributed by atoms with E-state index in [1.807, 2.05) is 4.90 Å². The van der Waals surface area contributed by atoms with Gasteiger partial charge in [-0.1, -0.05) is 0 Å². The van der Waals surface area contributed by atoms with Crippen molar-refractivity contribution in [2.45, 2.75) is 44.0 Å². The maximum absolute atomic E-state index is 12.9. The second-order valence-electron chi connectivity index (χ2n) is 10.6. The van der Waals surface area contributed by atoms with Gasteiger partial charge in [0.15, 0.2) is 5.69 Å². The van der Waals surface area contributed by atoms with E-state index < -0.39 is 23.6 Å². The SMILES string of the molecule is N=C(/C=C\C(=N)N1CCC(CN2CCN(C[C@@H]3CC[C@@H](Nc4cncc(C(F)(F)F)n4)CO3)CC2)CC1)C(=O)O. The molecule has 1 aromatic heterocycles. The van der Waals surface area contributed by atoms with Crippen LogP contribution in [0.2, 0.25) is 0 Å². The number of hydrogen-bond acceptors (Lipinski definition) is 9. The van der Waals surface area contributed by atoms with E-state index in [1.165, 1.54) is 12.3 Å². The van der Waals surface area contributed by atoms with E-state index in [4.69, 9.17) is 20.7 Å². The van der Waals surface area contributed by atoms with Crippen LogP contribution < -0.4 is 5.32 Å². The number of rotatable bonds is 9. The van der Waals surface area contributed by atoms with Crippen molar-refractivity contribution in [3.05, 3.63) is 30.2 Å². The molecule has 4 heterocycles. The van der Waals surface area contributed by atoms with Crippen LogP contribution >= 0.6 is 0 Å². The number of nitrogens with one attached hydrogen (secondary N) is 3. The average Bonchev–Trinajstić information content (AvgIpc) is 2.93. The van der Waals surface area contributed by atoms with E-state index in [1.54, 1.807) is 0 Å². The predicted molar refractivity (Wildman–Crippen MR) is 143 cm³/mol. The standard InChI is InChI=1S/C26H37F3N8O3/c27-26(28,29)22-13-32-14-24(34-22)33-19-1-2-20(40-17-19)16-36-11-9-35(10-12-36)15-18-5-7-37(8-6-18)23(31)4-3-21(30)25(38)39/h3-4,13-14,18-20,30-31H,1-2,5-12,15-17H2,(H,33,34)(H,38,39)/b4-3-,30-21?,31-23?/t19-,20+/m1/s1. The lowest BCUT2D eigenvalue weighted by Crippen LogP contribution is -2.51. The second kappa shape index (κ2) is 13.5. The Balaban J connectivity index is 1.10. The highest BCUT2D eigenvalue weighted by molar-refractivity contribution is 6.39. The fourth-order valence-corrected chi connectivity index (χ4v) is 5.35. The van der Waals surface area contributed by atoms with Crippen LogP contribution in [0.4, 0.5) is 19.0 Å². The number of carboxylic acid groups (broad SMARTS) is 1. The summed E-state index contributed by atoms with van der Waals surface area (Å²) in [7, 11) is 0. The molecule has 0 aliphatic carbocycles. The van der Waals surface area contributed by atoms with Crippen LogP contribution in [0.1, 0.15) is 31.4 Å². The van der Waals surface area contributed by atoms with Gasteiger partial charge < -0.3 is 25.0 Å². The molecule has 3 aliphatic rings. The normalized spacial score (nSPS) is 23.8. The molecule has 0 radical (unpaired) electrons. The summed E-state index contributed by atoms with van der Waals surface area (Å²) < 4.78 is 44.6. The molecule has 3 saturated heterocycles. The molecule has 1 aromatic rings. The van der Waals surface area contributed by atoms with Gasteiger partial charge >= 0.3 is 12.1 Å². The van der Waals surface area contributed by atoms with Crippen LogP contribution in [-0.4, -0.2) is 118 Å². The smallest absolute Gasteiger partial charge is 0.434 e. The van der Waals surface area contributed by atoms with Crippen molar-refractivity contribution in [3.63, 3.8) is 0 Å². The fraction of sp³-hybridized carbons (Fsp3) is 0.654. The minimum absolute atomic E-state index is 0.102. The lowest BCUT2D eigenvalue weighted by molar-refractivity contribution is -0.141. The molecule has 11 nitrogen and oxygen atoms in total. The Kier molecular flexibility index (Phi) is 10.1. The third-order valence-corrected chi connectivity index (χ3v) is 7.68. The van der Waals surface area contributed by atoms with Crippen molar-refractivity contribution in [1.29, 1.82) is 10.8 Å². The topological polar surface area (TPSA) is 142 Å². The first kappa shape index (κ1) is 29.9. The number of piperidine rings is 1. The third-order valence-electron chi connectivity index (χ3n) is 7.68. The molecule has 2 atom stereocenters. The number of carbonyl (C=O) groups is 1. The zero-order valence-corrected chi connectivity index (χ0v) is 22.4. The van der Waals surface area contributed by atoms with E-state index in [-0.39, 0.29) is 23.8 Å². The minimum Gasteiger partial charge on any atom is -0.477 e. The quantitative estimate of drug-likeness (QED) is 0.262. The van der Waals surface area contributed by atoms with Gasteiger partial charge in [-0.2, -0.15) is 13.2 Å². The van der Waals surface area contributed by atoms with E-state index in [9.17, 15) is 18.0 Å². The molecular formula is C26H37F3N8O3. The predicted octanol–water partition coefficient (Wildman–Crippen LogP) is 2.42. The number of carboxylic acids is 1. The average molecular weight is 567 g/mol. The summed E-state index contributed by atoms with van der Waals surface area (Å²) in [4.78, 5) is 24.8. The number of amidine groups is 1. The maximum Gasteiger partial charge on any atom is 0.434 e. The molecule has 0 unspecified atom stereocenters. The maximum atomic E-state index is 12.9. The van der Waals surface area contributed by atoms with Crippen molar-refractivity contribution in [1.82, 2.24) is 24.7 Å². The molecule has 0 saturated carbocycles. The molecule has 40 heavy (non-hydrogen) atoms. The molecule has 0 spiro atoms. The number of piperazine rings is 1. The Labute approximate surface area is 231 Å². The van der Waals surface area contributed by atoms with Gasteiger partial charge in [-0.25, -0.2) is 9.78 Å². The molecule has 0 aromatic carbocycles. The highest BCUT2D eigenvalue weighted by Crippen LogP contribution is 2.28. The number of anilines is 1. The summed E-state index contributed by atoms with van der Waals surface area (Å²) in [5.74, 6) is -0.391. The Hall–Kier alpha value is -3.10. The molecule has 4 rings (SSSR count). The number of nitrogens with zero attached hydrogens (tertiary/aromatic N) is 5. The Morgan fingerprint density at radius 3 is 2.30 bits per heavy atom. The zero-order valence-electron chi connectivity index (χ0n) is 22.4. The number of hydrogen-bond donors (Lipinski definition) is 4. The van der Waals surface area contributed by atoms with Crippen molar-refractivity contribution in [3.8, 4) is 0 Å². The van der Waals surface area contributed by atoms with Crippen molar-refractivity contribution in [2.24, 2.45) is 5.92 Å². The first-order valence-electron chi connectivity index (χ1n) is 13.6. The van der Waals surface area contributed by atoms with Crippen LogP contribution in [0, 0.1) is 16.7 Å². The van der Waals surface area contributed by atoms with Gasteiger partial charge in [0.05, 0.1) is 31.1 Å². The highest BCUT2D eigenvalue weighted by atomic mass is 19.4. The molecular weight excluding hydrogens is 529 g/mol. The number of aliphatic carboxylic acids is 1. The van der Waals surface area contributed by atoms with Crippen LogP contribution in [0.25, 0.3) is 0 Å². The van der Waals surface area contributed by atoms with E-state index in [0.717, 1.165) is 90.3 Å². The molecule has 4 N–H and O–H groups in total. The van der Waals surface area contributed by atoms with Crippen molar-refractivity contribution >= 4 is 23.3 Å². The van der Waals surface area contributed by atoms with Gasteiger partial charge in [-0.15, -0.1) is 0 Å². The second-order valence-corrected chi connectivity index (χ2v) is 10.6. The summed E-state index contributed by atoms with van der Waals surface area (Å²) in [6, 6.07) is -0.102. The molecule has 0 bridgehead atoms. The highest BCUT2D eigenvalue weighted by Gasteiger charge is 2.33. The molecule has 14 heteroatoms. The Morgan fingerprint density at radius 2 is 1.70 bits per heavy atom. The number of ether oxygens (including phenoxy) is 1. The minimum atomic E-state index is -4.53. The van der Waals surface area contributed by atoms with Crippen LogP contribution in [0.3, 0.4) is 0 Å². The van der Waals surface area contributed by atoms with Crippen LogP contribution in [0.5, 0.6) is 0 Å². The number of likely N-dealkylation sites (tertiary alicyclic amines) is 1. The van der Waals surface area contributed by atoms with Crippen molar-refractivity contribution < 1.29 is 27.8 Å². The van der Waals surface area contributed by atoms with E-state index >= 15 is 0 Å². The monoisotopic (exact) mass is 566 g/mol. The van der Waals surface area contributed by atoms with Gasteiger partial charge in [0.2, 0.25) is 0 Å². The number of halogens is 3. The van der Waals surface area contributed by atoms with E-state index in [0.29, 0.717) is 12.5 Å². The first-order chi connectivity index (χ1) is 19.1. The van der Waals surface area contributed by atoms with Crippen LogP contribution in [0.15, 0.2) is 24.5 Å². The zero-order chi connectivity index (χ0) is 28.7. The summed E-state index contributed by atoms with van der Waals surface area (Å²) in [5.41, 5.74) is -1.54. The van der Waals surface area contributed by atoms with Crippen LogP contribution in [-0.2, 0) is 15.7 Å². The van der Waals surface area contributed by atoms with Gasteiger partial charge in [0.1, 0.15) is 17.4 Å². The number of aromatic nitrogens is 2. The van der Waals surface area contributed by atoms with Gasteiger partial charge in [0, 0.05) is 52.4 Å². The van der Waals surface area contributed by atoms with E-state index in [2.05, 4.69) is 25.1 Å².